The van der Waals surface area contributed by atoms with Crippen molar-refractivity contribution in [3.05, 3.63) is 29.5 Å². The first-order valence-electron chi connectivity index (χ1n) is 5.24. The Bertz CT molecular complexity index is 536. The number of hydrogen-bond acceptors (Lipinski definition) is 4. The topological polar surface area (TPSA) is 37.8 Å². The Labute approximate surface area is 106 Å². The lowest BCUT2D eigenvalue weighted by atomic mass is 10.3. The second kappa shape index (κ2) is 4.93. The number of pyridine rings is 1. The molecule has 0 radical (unpaired) electrons. The Kier molecular flexibility index (Phi) is 3.51. The lowest BCUT2D eigenvalue weighted by Crippen LogP contribution is -2.02. The average molecular weight is 273 g/mol. The van der Waals surface area contributed by atoms with Crippen LogP contribution in [0.4, 0.5) is 18.9 Å². The molecule has 0 bridgehead atoms. The highest BCUT2D eigenvalue weighted by Gasteiger charge is 2.34. The predicted molar refractivity (Wildman–Crippen MR) is 64.5 cm³/mol. The van der Waals surface area contributed by atoms with Crippen molar-refractivity contribution in [3.8, 4) is 10.6 Å². The van der Waals surface area contributed by atoms with Crippen molar-refractivity contribution in [2.24, 2.45) is 0 Å². The third-order valence-corrected chi connectivity index (χ3v) is 3.21. The maximum Gasteiger partial charge on any atom is 0.443 e. The van der Waals surface area contributed by atoms with Gasteiger partial charge < -0.3 is 5.32 Å². The summed E-state index contributed by atoms with van der Waals surface area (Å²) in [5.74, 6) is 0. The molecule has 0 aliphatic heterocycles. The summed E-state index contributed by atoms with van der Waals surface area (Å²) < 4.78 is 37.3. The van der Waals surface area contributed by atoms with E-state index in [-0.39, 0.29) is 0 Å². The fourth-order valence-electron chi connectivity index (χ4n) is 1.40. The van der Waals surface area contributed by atoms with Crippen LogP contribution in [0.1, 0.15) is 11.9 Å². The molecule has 2 heterocycles. The molecule has 96 valence electrons. The minimum atomic E-state index is -4.40. The molecule has 2 aromatic rings. The zero-order valence-corrected chi connectivity index (χ0v) is 10.3. The first-order valence-corrected chi connectivity index (χ1v) is 6.05. The van der Waals surface area contributed by atoms with Gasteiger partial charge in [0.15, 0.2) is 5.01 Å². The number of aromatic nitrogens is 2. The van der Waals surface area contributed by atoms with Crippen molar-refractivity contribution in [1.29, 1.82) is 0 Å². The van der Waals surface area contributed by atoms with E-state index in [1.807, 2.05) is 6.92 Å². The summed E-state index contributed by atoms with van der Waals surface area (Å²) >= 11 is 0.593. The number of nitrogens with zero attached hydrogens (tertiary/aromatic N) is 2. The molecule has 0 saturated carbocycles. The molecule has 0 atom stereocenters. The minimum absolute atomic E-state index is 0.405. The minimum Gasteiger partial charge on any atom is -0.385 e. The molecule has 0 aliphatic carbocycles. The smallest absolute Gasteiger partial charge is 0.385 e. The van der Waals surface area contributed by atoms with Crippen LogP contribution in [0.15, 0.2) is 24.5 Å². The highest BCUT2D eigenvalue weighted by molar-refractivity contribution is 7.15. The molecule has 0 aromatic carbocycles. The van der Waals surface area contributed by atoms with E-state index in [0.717, 1.165) is 12.2 Å². The number of alkyl halides is 3. The predicted octanol–water partition coefficient (Wildman–Crippen LogP) is 3.66. The first-order chi connectivity index (χ1) is 8.50. The van der Waals surface area contributed by atoms with Crippen LogP contribution in [0.3, 0.4) is 0 Å². The number of thiazole rings is 1. The standard InChI is InChI=1S/C11H10F3N3S/c1-2-15-7-3-4-16-8(5-7)9-6-17-10(18-9)11(12,13)14/h3-6H,2H2,1H3,(H,15,16). The largest absolute Gasteiger partial charge is 0.443 e. The van der Waals surface area contributed by atoms with Crippen molar-refractivity contribution in [1.82, 2.24) is 9.97 Å². The molecule has 0 saturated heterocycles. The van der Waals surface area contributed by atoms with Crippen LogP contribution in [0, 0.1) is 0 Å². The van der Waals surface area contributed by atoms with Gasteiger partial charge in [0.25, 0.3) is 0 Å². The lowest BCUT2D eigenvalue weighted by Gasteiger charge is -2.03. The van der Waals surface area contributed by atoms with Gasteiger partial charge in [0.2, 0.25) is 0 Å². The van der Waals surface area contributed by atoms with Gasteiger partial charge in [-0.15, -0.1) is 11.3 Å². The van der Waals surface area contributed by atoms with Crippen molar-refractivity contribution < 1.29 is 13.2 Å². The van der Waals surface area contributed by atoms with E-state index in [2.05, 4.69) is 15.3 Å². The Morgan fingerprint density at radius 3 is 2.72 bits per heavy atom. The van der Waals surface area contributed by atoms with E-state index in [4.69, 9.17) is 0 Å². The van der Waals surface area contributed by atoms with E-state index < -0.39 is 11.2 Å². The zero-order valence-electron chi connectivity index (χ0n) is 9.45. The van der Waals surface area contributed by atoms with E-state index >= 15 is 0 Å². The number of anilines is 1. The molecule has 3 nitrogen and oxygen atoms in total. The van der Waals surface area contributed by atoms with Gasteiger partial charge in [0, 0.05) is 24.6 Å². The number of rotatable bonds is 3. The van der Waals surface area contributed by atoms with E-state index in [0.29, 0.717) is 21.9 Å². The lowest BCUT2D eigenvalue weighted by molar-refractivity contribution is -0.137. The van der Waals surface area contributed by atoms with Crippen LogP contribution >= 0.6 is 11.3 Å². The fourth-order valence-corrected chi connectivity index (χ4v) is 2.15. The number of hydrogen-bond donors (Lipinski definition) is 1. The maximum absolute atomic E-state index is 12.4. The molecule has 0 unspecified atom stereocenters. The quantitative estimate of drug-likeness (QED) is 0.927. The van der Waals surface area contributed by atoms with Crippen LogP contribution < -0.4 is 5.32 Å². The number of halogens is 3. The van der Waals surface area contributed by atoms with Crippen molar-refractivity contribution in [2.75, 3.05) is 11.9 Å². The van der Waals surface area contributed by atoms with Crippen LogP contribution in [0.5, 0.6) is 0 Å². The first kappa shape index (κ1) is 12.8. The van der Waals surface area contributed by atoms with Gasteiger partial charge >= 0.3 is 6.18 Å². The highest BCUT2D eigenvalue weighted by Crippen LogP contribution is 2.35. The summed E-state index contributed by atoms with van der Waals surface area (Å²) in [5.41, 5.74) is 1.31. The molecule has 7 heteroatoms. The van der Waals surface area contributed by atoms with Gasteiger partial charge in [-0.1, -0.05) is 0 Å². The van der Waals surface area contributed by atoms with Crippen molar-refractivity contribution in [3.63, 3.8) is 0 Å². The monoisotopic (exact) mass is 273 g/mol. The molecule has 2 rings (SSSR count). The third kappa shape index (κ3) is 2.79. The van der Waals surface area contributed by atoms with Gasteiger partial charge in [-0.3, -0.25) is 4.98 Å². The average Bonchev–Trinajstić information content (AvgIpc) is 2.78. The van der Waals surface area contributed by atoms with Gasteiger partial charge in [0.1, 0.15) is 0 Å². The van der Waals surface area contributed by atoms with Crippen molar-refractivity contribution >= 4 is 17.0 Å². The molecule has 1 N–H and O–H groups in total. The summed E-state index contributed by atoms with van der Waals surface area (Å²) in [4.78, 5) is 7.83. The molecule has 0 aliphatic rings. The summed E-state index contributed by atoms with van der Waals surface area (Å²) in [7, 11) is 0. The van der Waals surface area contributed by atoms with Gasteiger partial charge in [-0.25, -0.2) is 4.98 Å². The van der Waals surface area contributed by atoms with E-state index in [1.54, 1.807) is 18.3 Å². The third-order valence-electron chi connectivity index (χ3n) is 2.14. The van der Waals surface area contributed by atoms with Gasteiger partial charge in [0.05, 0.1) is 10.6 Å². The second-order valence-electron chi connectivity index (χ2n) is 3.49. The Morgan fingerprint density at radius 2 is 2.11 bits per heavy atom. The summed E-state index contributed by atoms with van der Waals surface area (Å²) in [6, 6.07) is 3.47. The van der Waals surface area contributed by atoms with Crippen molar-refractivity contribution in [2.45, 2.75) is 13.1 Å². The molecular weight excluding hydrogens is 263 g/mol. The Balaban J connectivity index is 2.31. The van der Waals surface area contributed by atoms with Crippen LogP contribution in [0.25, 0.3) is 10.6 Å². The maximum atomic E-state index is 12.4. The van der Waals surface area contributed by atoms with Gasteiger partial charge in [-0.05, 0) is 19.1 Å². The molecule has 0 spiro atoms. The zero-order chi connectivity index (χ0) is 13.2. The molecule has 0 amide bonds. The highest BCUT2D eigenvalue weighted by atomic mass is 32.1. The van der Waals surface area contributed by atoms with Crippen LogP contribution in [0.2, 0.25) is 0 Å². The van der Waals surface area contributed by atoms with Crippen LogP contribution in [-0.2, 0) is 6.18 Å². The molecular formula is C11H10F3N3S. The number of nitrogens with one attached hydrogen (secondary N) is 1. The summed E-state index contributed by atoms with van der Waals surface area (Å²) in [6.07, 6.45) is -1.64. The summed E-state index contributed by atoms with van der Waals surface area (Å²) in [5, 5.41) is 2.22. The molecule has 18 heavy (non-hydrogen) atoms. The fraction of sp³-hybridized carbons (Fsp3) is 0.273. The summed E-state index contributed by atoms with van der Waals surface area (Å²) in [6.45, 7) is 2.68. The van der Waals surface area contributed by atoms with E-state index in [9.17, 15) is 13.2 Å². The normalized spacial score (nSPS) is 11.6. The van der Waals surface area contributed by atoms with Crippen LogP contribution in [-0.4, -0.2) is 16.5 Å². The van der Waals surface area contributed by atoms with Gasteiger partial charge in [-0.2, -0.15) is 13.2 Å². The Hall–Kier alpha value is -1.63. The molecule has 2 aromatic heterocycles. The Morgan fingerprint density at radius 1 is 1.33 bits per heavy atom. The second-order valence-corrected chi connectivity index (χ2v) is 4.52. The molecule has 0 fully saturated rings. The SMILES string of the molecule is CCNc1ccnc(-c2cnc(C(F)(F)F)s2)c1. The van der Waals surface area contributed by atoms with E-state index in [1.165, 1.54) is 6.20 Å².